The van der Waals surface area contributed by atoms with E-state index in [1.807, 2.05) is 6.92 Å². The van der Waals surface area contributed by atoms with Crippen molar-refractivity contribution in [3.05, 3.63) is 40.1 Å². The van der Waals surface area contributed by atoms with Crippen LogP contribution in [-0.2, 0) is 0 Å². The van der Waals surface area contributed by atoms with Crippen molar-refractivity contribution in [1.29, 1.82) is 0 Å². The van der Waals surface area contributed by atoms with Crippen LogP contribution in [0.4, 0.5) is 0 Å². The Hall–Kier alpha value is -0.770. The van der Waals surface area contributed by atoms with Crippen LogP contribution in [0.2, 0.25) is 10.0 Å². The summed E-state index contributed by atoms with van der Waals surface area (Å²) >= 11 is 18.0. The van der Waals surface area contributed by atoms with E-state index >= 15 is 0 Å². The highest BCUT2D eigenvalue weighted by Crippen LogP contribution is 2.26. The second-order valence-corrected chi connectivity index (χ2v) is 4.93. The zero-order valence-electron chi connectivity index (χ0n) is 9.07. The van der Waals surface area contributed by atoms with Gasteiger partial charge in [0.15, 0.2) is 0 Å². The molecule has 0 N–H and O–H groups in total. The molecule has 0 spiro atoms. The predicted octanol–water partition coefficient (Wildman–Crippen LogP) is 4.26. The summed E-state index contributed by atoms with van der Waals surface area (Å²) in [6.07, 6.45) is 2.57. The molecule has 6 heteroatoms. The van der Waals surface area contributed by atoms with Crippen LogP contribution in [0.5, 0.6) is 0 Å². The van der Waals surface area contributed by atoms with Gasteiger partial charge in [0.25, 0.3) is 0 Å². The summed E-state index contributed by atoms with van der Waals surface area (Å²) in [6, 6.07) is 5.21. The average molecular weight is 291 g/mol. The molecular weight excluding hydrogens is 281 g/mol. The number of halogens is 3. The minimum absolute atomic E-state index is 0.130. The van der Waals surface area contributed by atoms with Crippen LogP contribution >= 0.6 is 34.8 Å². The Morgan fingerprint density at radius 1 is 1.35 bits per heavy atom. The molecule has 0 radical (unpaired) electrons. The Morgan fingerprint density at radius 2 is 2.12 bits per heavy atom. The van der Waals surface area contributed by atoms with Gasteiger partial charge in [-0.25, -0.2) is 4.68 Å². The molecule has 0 aliphatic carbocycles. The van der Waals surface area contributed by atoms with E-state index < -0.39 is 0 Å². The molecule has 1 heterocycles. The normalized spacial score (nSPS) is 12.7. The fourth-order valence-corrected chi connectivity index (χ4v) is 2.01. The van der Waals surface area contributed by atoms with E-state index in [-0.39, 0.29) is 5.38 Å². The molecule has 1 aromatic heterocycles. The first-order chi connectivity index (χ1) is 8.11. The molecular formula is C11H10Cl3N3. The summed E-state index contributed by atoms with van der Waals surface area (Å²) in [4.78, 5) is 0. The third-order valence-corrected chi connectivity index (χ3v) is 3.42. The molecule has 0 aliphatic rings. The van der Waals surface area contributed by atoms with E-state index in [1.54, 1.807) is 29.1 Å². The fourth-order valence-electron chi connectivity index (χ4n) is 1.41. The molecule has 0 amide bonds. The second kappa shape index (κ2) is 5.25. The van der Waals surface area contributed by atoms with Gasteiger partial charge in [0.2, 0.25) is 0 Å². The highest BCUT2D eigenvalue weighted by Gasteiger charge is 2.12. The zero-order valence-corrected chi connectivity index (χ0v) is 11.3. The number of rotatable bonds is 3. The smallest absolute Gasteiger partial charge is 0.101 e. The Morgan fingerprint density at radius 3 is 2.76 bits per heavy atom. The van der Waals surface area contributed by atoms with Crippen molar-refractivity contribution in [3.63, 3.8) is 0 Å². The number of aromatic nitrogens is 3. The van der Waals surface area contributed by atoms with Crippen LogP contribution in [0.3, 0.4) is 0 Å². The molecule has 1 atom stereocenters. The summed E-state index contributed by atoms with van der Waals surface area (Å²) in [5.41, 5.74) is 1.47. The van der Waals surface area contributed by atoms with Crippen LogP contribution in [0.1, 0.15) is 24.4 Å². The lowest BCUT2D eigenvalue weighted by Gasteiger charge is -2.03. The lowest BCUT2D eigenvalue weighted by atomic mass is 10.2. The van der Waals surface area contributed by atoms with Crippen molar-refractivity contribution in [2.24, 2.45) is 0 Å². The van der Waals surface area contributed by atoms with Gasteiger partial charge in [0.1, 0.15) is 5.69 Å². The molecule has 1 aromatic carbocycles. The SMILES string of the molecule is CCC(Cl)c1cn(-c2ccc(Cl)cc2Cl)nn1. The van der Waals surface area contributed by atoms with Gasteiger partial charge >= 0.3 is 0 Å². The van der Waals surface area contributed by atoms with Gasteiger partial charge in [-0.1, -0.05) is 35.3 Å². The van der Waals surface area contributed by atoms with Crippen molar-refractivity contribution < 1.29 is 0 Å². The second-order valence-electron chi connectivity index (χ2n) is 3.56. The van der Waals surface area contributed by atoms with Gasteiger partial charge in [-0.3, -0.25) is 0 Å². The van der Waals surface area contributed by atoms with Crippen LogP contribution in [-0.4, -0.2) is 15.0 Å². The minimum Gasteiger partial charge on any atom is -0.219 e. The predicted molar refractivity (Wildman–Crippen MR) is 70.3 cm³/mol. The molecule has 2 rings (SSSR count). The van der Waals surface area contributed by atoms with Crippen molar-refractivity contribution >= 4 is 34.8 Å². The van der Waals surface area contributed by atoms with Crippen molar-refractivity contribution in [2.45, 2.75) is 18.7 Å². The van der Waals surface area contributed by atoms with E-state index in [1.165, 1.54) is 0 Å². The summed E-state index contributed by atoms with van der Waals surface area (Å²) < 4.78 is 1.60. The molecule has 0 saturated carbocycles. The van der Waals surface area contributed by atoms with Gasteiger partial charge in [0, 0.05) is 5.02 Å². The van der Waals surface area contributed by atoms with Gasteiger partial charge in [-0.15, -0.1) is 16.7 Å². The van der Waals surface area contributed by atoms with E-state index in [0.717, 1.165) is 17.8 Å². The first-order valence-corrected chi connectivity index (χ1v) is 6.32. The number of benzene rings is 1. The Kier molecular flexibility index (Phi) is 3.92. The van der Waals surface area contributed by atoms with Crippen molar-refractivity contribution in [1.82, 2.24) is 15.0 Å². The van der Waals surface area contributed by atoms with E-state index in [4.69, 9.17) is 34.8 Å². The van der Waals surface area contributed by atoms with Crippen LogP contribution < -0.4 is 0 Å². The molecule has 2 aromatic rings. The quantitative estimate of drug-likeness (QED) is 0.791. The van der Waals surface area contributed by atoms with Crippen molar-refractivity contribution in [3.8, 4) is 5.69 Å². The molecule has 0 aliphatic heterocycles. The Labute approximate surface area is 114 Å². The Balaban J connectivity index is 2.37. The third kappa shape index (κ3) is 2.73. The zero-order chi connectivity index (χ0) is 12.4. The molecule has 1 unspecified atom stereocenters. The first-order valence-electron chi connectivity index (χ1n) is 5.13. The van der Waals surface area contributed by atoms with Crippen molar-refractivity contribution in [2.75, 3.05) is 0 Å². The highest BCUT2D eigenvalue weighted by atomic mass is 35.5. The van der Waals surface area contributed by atoms with Crippen LogP contribution in [0.25, 0.3) is 5.69 Å². The third-order valence-electron chi connectivity index (χ3n) is 2.35. The lowest BCUT2D eigenvalue weighted by Crippen LogP contribution is -1.95. The fraction of sp³-hybridized carbons (Fsp3) is 0.273. The van der Waals surface area contributed by atoms with Gasteiger partial charge in [-0.05, 0) is 24.6 Å². The summed E-state index contributed by atoms with van der Waals surface area (Å²) in [5, 5.41) is 9.00. The van der Waals surface area contributed by atoms with Crippen LogP contribution in [0, 0.1) is 0 Å². The van der Waals surface area contributed by atoms with E-state index in [2.05, 4.69) is 10.3 Å². The number of nitrogens with zero attached hydrogens (tertiary/aromatic N) is 3. The van der Waals surface area contributed by atoms with Gasteiger partial charge < -0.3 is 0 Å². The number of alkyl halides is 1. The molecule has 0 saturated heterocycles. The molecule has 90 valence electrons. The Bertz CT molecular complexity index is 524. The first kappa shape index (κ1) is 12.7. The molecule has 17 heavy (non-hydrogen) atoms. The monoisotopic (exact) mass is 289 g/mol. The van der Waals surface area contributed by atoms with Gasteiger partial charge in [0.05, 0.1) is 22.3 Å². The maximum absolute atomic E-state index is 6.09. The maximum Gasteiger partial charge on any atom is 0.101 e. The summed E-state index contributed by atoms with van der Waals surface area (Å²) in [7, 11) is 0. The molecule has 3 nitrogen and oxygen atoms in total. The average Bonchev–Trinajstić information content (AvgIpc) is 2.77. The number of hydrogen-bond donors (Lipinski definition) is 0. The number of hydrogen-bond acceptors (Lipinski definition) is 2. The lowest BCUT2D eigenvalue weighted by molar-refractivity contribution is 0.786. The standard InChI is InChI=1S/C11H10Cl3N3/c1-2-8(13)10-6-17(16-15-10)11-4-3-7(12)5-9(11)14/h3-6,8H,2H2,1H3. The topological polar surface area (TPSA) is 30.7 Å². The molecule has 0 fully saturated rings. The summed E-state index contributed by atoms with van der Waals surface area (Å²) in [6.45, 7) is 1.99. The highest BCUT2D eigenvalue weighted by molar-refractivity contribution is 6.35. The minimum atomic E-state index is -0.130. The molecule has 0 bridgehead atoms. The van der Waals surface area contributed by atoms with Gasteiger partial charge in [-0.2, -0.15) is 0 Å². The maximum atomic E-state index is 6.09. The van der Waals surface area contributed by atoms with E-state index in [9.17, 15) is 0 Å². The largest absolute Gasteiger partial charge is 0.219 e. The van der Waals surface area contributed by atoms with E-state index in [0.29, 0.717) is 10.0 Å². The van der Waals surface area contributed by atoms with Crippen LogP contribution in [0.15, 0.2) is 24.4 Å². The summed E-state index contributed by atoms with van der Waals surface area (Å²) in [5.74, 6) is 0.